The second kappa shape index (κ2) is 3.96. The highest BCUT2D eigenvalue weighted by molar-refractivity contribution is 7.14. The molecule has 0 atom stereocenters. The number of thiophene rings is 1. The molecule has 0 saturated heterocycles. The molecule has 0 radical (unpaired) electrons. The minimum atomic E-state index is -0.122. The van der Waals surface area contributed by atoms with Crippen LogP contribution in [0.2, 0.25) is 0 Å². The summed E-state index contributed by atoms with van der Waals surface area (Å²) in [5.74, 6) is 0.901. The van der Waals surface area contributed by atoms with Gasteiger partial charge in [-0.3, -0.25) is 15.2 Å². The van der Waals surface area contributed by atoms with Gasteiger partial charge >= 0.3 is 0 Å². The van der Waals surface area contributed by atoms with Crippen molar-refractivity contribution < 1.29 is 4.79 Å². The summed E-state index contributed by atoms with van der Waals surface area (Å²) in [6.45, 7) is 1.79. The highest BCUT2D eigenvalue weighted by Gasteiger charge is 2.19. The van der Waals surface area contributed by atoms with Crippen LogP contribution in [0.1, 0.15) is 32.4 Å². The molecule has 88 valence electrons. The third-order valence-electron chi connectivity index (χ3n) is 2.79. The van der Waals surface area contributed by atoms with Crippen LogP contribution in [0, 0.1) is 6.92 Å². The van der Waals surface area contributed by atoms with Gasteiger partial charge in [0.05, 0.1) is 4.88 Å². The number of carbonyl (C=O) groups is 1. The van der Waals surface area contributed by atoms with E-state index in [9.17, 15) is 4.79 Å². The van der Waals surface area contributed by atoms with E-state index in [1.165, 1.54) is 16.9 Å². The van der Waals surface area contributed by atoms with Crippen LogP contribution in [0.3, 0.4) is 0 Å². The van der Waals surface area contributed by atoms with Crippen LogP contribution in [-0.2, 0) is 12.8 Å². The van der Waals surface area contributed by atoms with Crippen LogP contribution in [0.5, 0.6) is 0 Å². The van der Waals surface area contributed by atoms with E-state index < -0.39 is 0 Å². The van der Waals surface area contributed by atoms with Crippen molar-refractivity contribution in [2.24, 2.45) is 0 Å². The molecule has 0 spiro atoms. The monoisotopic (exact) mass is 248 g/mol. The highest BCUT2D eigenvalue weighted by Crippen LogP contribution is 2.30. The lowest BCUT2D eigenvalue weighted by atomic mass is 10.2. The van der Waals surface area contributed by atoms with E-state index in [1.807, 2.05) is 6.07 Å². The van der Waals surface area contributed by atoms with Crippen molar-refractivity contribution in [2.45, 2.75) is 26.2 Å². The summed E-state index contributed by atoms with van der Waals surface area (Å²) in [6, 6.07) is 1.99. The van der Waals surface area contributed by atoms with E-state index >= 15 is 0 Å². The SMILES string of the molecule is Cc1nc(NC(=O)c2cc3c(s2)CCC3)n[nH]1. The molecule has 2 heterocycles. The number of nitrogens with zero attached hydrogens (tertiary/aromatic N) is 2. The Morgan fingerprint density at radius 3 is 3.12 bits per heavy atom. The fourth-order valence-electron chi connectivity index (χ4n) is 2.00. The van der Waals surface area contributed by atoms with Gasteiger partial charge in [-0.15, -0.1) is 16.4 Å². The van der Waals surface area contributed by atoms with Gasteiger partial charge in [0.15, 0.2) is 0 Å². The topological polar surface area (TPSA) is 70.7 Å². The lowest BCUT2D eigenvalue weighted by Gasteiger charge is -1.96. The van der Waals surface area contributed by atoms with E-state index in [2.05, 4.69) is 20.5 Å². The van der Waals surface area contributed by atoms with Crippen LogP contribution in [0.25, 0.3) is 0 Å². The molecule has 5 nitrogen and oxygen atoms in total. The molecule has 1 aliphatic carbocycles. The minimum absolute atomic E-state index is 0.122. The lowest BCUT2D eigenvalue weighted by Crippen LogP contribution is -2.11. The molecule has 0 bridgehead atoms. The van der Waals surface area contributed by atoms with E-state index in [1.54, 1.807) is 18.3 Å². The van der Waals surface area contributed by atoms with Gasteiger partial charge in [-0.2, -0.15) is 4.98 Å². The molecule has 0 aliphatic heterocycles. The summed E-state index contributed by atoms with van der Waals surface area (Å²) in [5.41, 5.74) is 1.33. The number of aromatic amines is 1. The molecule has 1 aliphatic rings. The first-order valence-electron chi connectivity index (χ1n) is 5.54. The maximum Gasteiger partial charge on any atom is 0.268 e. The number of H-pyrrole nitrogens is 1. The molecule has 0 aromatic carbocycles. The Kier molecular flexibility index (Phi) is 2.44. The first-order chi connectivity index (χ1) is 8.22. The number of aromatic nitrogens is 3. The van der Waals surface area contributed by atoms with Crippen molar-refractivity contribution in [3.8, 4) is 0 Å². The number of rotatable bonds is 2. The molecule has 1 amide bonds. The predicted octanol–water partition coefficient (Wildman–Crippen LogP) is 1.92. The third-order valence-corrected chi connectivity index (χ3v) is 4.03. The van der Waals surface area contributed by atoms with Crippen LogP contribution in [0.4, 0.5) is 5.95 Å². The second-order valence-electron chi connectivity index (χ2n) is 4.11. The Balaban J connectivity index is 1.77. The van der Waals surface area contributed by atoms with E-state index in [0.29, 0.717) is 11.8 Å². The predicted molar refractivity (Wildman–Crippen MR) is 65.4 cm³/mol. The number of amides is 1. The summed E-state index contributed by atoms with van der Waals surface area (Å²) in [6.07, 6.45) is 3.41. The Hall–Kier alpha value is -1.69. The normalized spacial score (nSPS) is 13.7. The Morgan fingerprint density at radius 1 is 1.53 bits per heavy atom. The van der Waals surface area contributed by atoms with Crippen LogP contribution >= 0.6 is 11.3 Å². The number of hydrogen-bond donors (Lipinski definition) is 2. The van der Waals surface area contributed by atoms with Gasteiger partial charge in [0.1, 0.15) is 5.82 Å². The smallest absolute Gasteiger partial charge is 0.268 e. The molecule has 6 heteroatoms. The molecule has 0 fully saturated rings. The average Bonchev–Trinajstić information content (AvgIpc) is 2.92. The van der Waals surface area contributed by atoms with Crippen molar-refractivity contribution in [3.63, 3.8) is 0 Å². The van der Waals surface area contributed by atoms with Gasteiger partial charge in [0, 0.05) is 4.88 Å². The number of carbonyl (C=O) groups excluding carboxylic acids is 1. The first kappa shape index (κ1) is 10.5. The average molecular weight is 248 g/mol. The maximum absolute atomic E-state index is 11.9. The van der Waals surface area contributed by atoms with E-state index in [4.69, 9.17) is 0 Å². The third kappa shape index (κ3) is 1.95. The molecule has 2 aromatic heterocycles. The molecule has 2 N–H and O–H groups in total. The number of fused-ring (bicyclic) bond motifs is 1. The standard InChI is InChI=1S/C11H12N4OS/c1-6-12-11(15-14-6)13-10(16)9-5-7-3-2-4-8(7)17-9/h5H,2-4H2,1H3,(H2,12,13,14,15,16). The van der Waals surface area contributed by atoms with E-state index in [0.717, 1.165) is 17.7 Å². The zero-order valence-corrected chi connectivity index (χ0v) is 10.2. The van der Waals surface area contributed by atoms with Crippen molar-refractivity contribution in [1.82, 2.24) is 15.2 Å². The zero-order chi connectivity index (χ0) is 11.8. The molecule has 17 heavy (non-hydrogen) atoms. The van der Waals surface area contributed by atoms with Gasteiger partial charge in [-0.05, 0) is 37.8 Å². The summed E-state index contributed by atoms with van der Waals surface area (Å²) in [4.78, 5) is 18.1. The fraction of sp³-hybridized carbons (Fsp3) is 0.364. The maximum atomic E-state index is 11.9. The summed E-state index contributed by atoms with van der Waals surface area (Å²) in [5, 5.41) is 9.26. The molecular formula is C11H12N4OS. The van der Waals surface area contributed by atoms with Gasteiger partial charge in [-0.1, -0.05) is 0 Å². The second-order valence-corrected chi connectivity index (χ2v) is 5.25. The molecule has 0 saturated carbocycles. The van der Waals surface area contributed by atoms with Gasteiger partial charge in [-0.25, -0.2) is 0 Å². The highest BCUT2D eigenvalue weighted by atomic mass is 32.1. The number of anilines is 1. The first-order valence-corrected chi connectivity index (χ1v) is 6.36. The quantitative estimate of drug-likeness (QED) is 0.853. The summed E-state index contributed by atoms with van der Waals surface area (Å²) in [7, 11) is 0. The van der Waals surface area contributed by atoms with Gasteiger partial charge in [0.25, 0.3) is 5.91 Å². The Morgan fingerprint density at radius 2 is 2.41 bits per heavy atom. The number of aryl methyl sites for hydroxylation is 3. The largest absolute Gasteiger partial charge is 0.288 e. The van der Waals surface area contributed by atoms with Crippen LogP contribution in [-0.4, -0.2) is 21.1 Å². The Labute approximate surface area is 102 Å². The van der Waals surface area contributed by atoms with Crippen molar-refractivity contribution in [2.75, 3.05) is 5.32 Å². The van der Waals surface area contributed by atoms with Crippen molar-refractivity contribution in [3.05, 3.63) is 27.2 Å². The summed E-state index contributed by atoms with van der Waals surface area (Å²) >= 11 is 1.58. The molecule has 2 aromatic rings. The zero-order valence-electron chi connectivity index (χ0n) is 9.41. The van der Waals surface area contributed by atoms with Gasteiger partial charge in [0.2, 0.25) is 5.95 Å². The fourth-order valence-corrected chi connectivity index (χ4v) is 3.15. The lowest BCUT2D eigenvalue weighted by molar-refractivity contribution is 0.102. The Bertz CT molecular complexity index is 550. The van der Waals surface area contributed by atoms with E-state index in [-0.39, 0.29) is 5.91 Å². The molecule has 0 unspecified atom stereocenters. The molecule has 3 rings (SSSR count). The van der Waals surface area contributed by atoms with Crippen LogP contribution in [0.15, 0.2) is 6.07 Å². The van der Waals surface area contributed by atoms with Crippen molar-refractivity contribution in [1.29, 1.82) is 0 Å². The summed E-state index contributed by atoms with van der Waals surface area (Å²) < 4.78 is 0. The molecular weight excluding hydrogens is 236 g/mol. The van der Waals surface area contributed by atoms with Crippen LogP contribution < -0.4 is 5.32 Å². The van der Waals surface area contributed by atoms with Gasteiger partial charge < -0.3 is 0 Å². The number of hydrogen-bond acceptors (Lipinski definition) is 4. The number of nitrogens with one attached hydrogen (secondary N) is 2. The van der Waals surface area contributed by atoms with Crippen molar-refractivity contribution >= 4 is 23.2 Å². The minimum Gasteiger partial charge on any atom is -0.288 e.